The molecule has 12 heteroatoms. The minimum Gasteiger partial charge on any atom is -0.363 e. The number of Topliss-reactive ketones (excluding diaryl/α,β-unsaturated/α-hetero) is 1. The molecular formula is C41H69N7O5. The van der Waals surface area contributed by atoms with E-state index < -0.39 is 46.7 Å². The third kappa shape index (κ3) is 7.13. The van der Waals surface area contributed by atoms with Gasteiger partial charge in [0.15, 0.2) is 0 Å². The number of carbonyl (C=O) groups is 5. The first-order valence-corrected chi connectivity index (χ1v) is 20.6. The Labute approximate surface area is 317 Å². The van der Waals surface area contributed by atoms with E-state index in [9.17, 15) is 19.2 Å². The molecule has 5 amide bonds. The summed E-state index contributed by atoms with van der Waals surface area (Å²) < 4.78 is 0. The van der Waals surface area contributed by atoms with Gasteiger partial charge in [0.1, 0.15) is 12.1 Å². The number of nitrogens with one attached hydrogen (secondary N) is 3. The normalized spacial score (nSPS) is 30.1. The summed E-state index contributed by atoms with van der Waals surface area (Å²) in [6.07, 6.45) is 12.1. The number of nitrogens with two attached hydrogens (primary N) is 1. The van der Waals surface area contributed by atoms with Crippen LogP contribution in [0.5, 0.6) is 0 Å². The van der Waals surface area contributed by atoms with Crippen molar-refractivity contribution >= 4 is 29.5 Å². The number of hydrogen-bond donors (Lipinski definition) is 4. The first-order chi connectivity index (χ1) is 24.7. The topological polar surface area (TPSA) is 157 Å². The molecule has 4 atom stereocenters. The quantitative estimate of drug-likeness (QED) is 0.234. The molecule has 4 aliphatic carbocycles. The maximum Gasteiger partial charge on any atom is 0.315 e. The molecule has 0 aromatic carbocycles. The molecule has 298 valence electrons. The molecule has 6 rings (SSSR count). The summed E-state index contributed by atoms with van der Waals surface area (Å²) in [5.41, 5.74) is 4.12. The minimum absolute atomic E-state index is 0.0336. The van der Waals surface area contributed by atoms with Crippen LogP contribution in [0.15, 0.2) is 0 Å². The molecule has 0 aromatic rings. The van der Waals surface area contributed by atoms with Gasteiger partial charge in [0.05, 0.1) is 11.6 Å². The monoisotopic (exact) mass is 740 g/mol. The molecule has 0 bridgehead atoms. The Balaban J connectivity index is 1.24. The van der Waals surface area contributed by atoms with Crippen molar-refractivity contribution in [3.8, 4) is 0 Å². The lowest BCUT2D eigenvalue weighted by Gasteiger charge is -2.51. The van der Waals surface area contributed by atoms with Gasteiger partial charge < -0.3 is 31.5 Å². The summed E-state index contributed by atoms with van der Waals surface area (Å²) in [5, 5.41) is 9.49. The number of urea groups is 1. The van der Waals surface area contributed by atoms with Gasteiger partial charge in [0.2, 0.25) is 17.6 Å². The largest absolute Gasteiger partial charge is 0.363 e. The number of carbonyl (C=O) groups excluding carboxylic acids is 5. The van der Waals surface area contributed by atoms with Crippen molar-refractivity contribution < 1.29 is 24.0 Å². The summed E-state index contributed by atoms with van der Waals surface area (Å²) in [6.45, 7) is 19.0. The van der Waals surface area contributed by atoms with Crippen molar-refractivity contribution in [2.45, 2.75) is 161 Å². The highest BCUT2D eigenvalue weighted by Crippen LogP contribution is 2.88. The molecule has 12 nitrogen and oxygen atoms in total. The van der Waals surface area contributed by atoms with Crippen molar-refractivity contribution in [1.29, 1.82) is 0 Å². The Kier molecular flexibility index (Phi) is 10.6. The highest BCUT2D eigenvalue weighted by Gasteiger charge is 2.85. The molecule has 6 aliphatic rings. The van der Waals surface area contributed by atoms with E-state index in [0.717, 1.165) is 96.8 Å². The summed E-state index contributed by atoms with van der Waals surface area (Å²) >= 11 is 0. The van der Waals surface area contributed by atoms with Crippen LogP contribution in [0.2, 0.25) is 0 Å². The summed E-state index contributed by atoms with van der Waals surface area (Å²) in [4.78, 5) is 75.2. The molecule has 1 unspecified atom stereocenters. The molecule has 0 aromatic heterocycles. The van der Waals surface area contributed by atoms with Crippen molar-refractivity contribution in [2.75, 3.05) is 39.8 Å². The fourth-order valence-electron chi connectivity index (χ4n) is 11.7. The van der Waals surface area contributed by atoms with Crippen LogP contribution in [0, 0.1) is 27.6 Å². The molecule has 6 fully saturated rings. The van der Waals surface area contributed by atoms with Gasteiger partial charge in [-0.2, -0.15) is 0 Å². The first-order valence-electron chi connectivity index (χ1n) is 20.6. The molecule has 4 saturated carbocycles. The van der Waals surface area contributed by atoms with Crippen molar-refractivity contribution in [3.63, 3.8) is 0 Å². The molecule has 53 heavy (non-hydrogen) atoms. The van der Waals surface area contributed by atoms with Crippen LogP contribution in [0.4, 0.5) is 4.79 Å². The number of likely N-dealkylation sites (N-methyl/N-ethyl adjacent to an activating group) is 1. The molecule has 2 spiro atoms. The van der Waals surface area contributed by atoms with E-state index in [-0.39, 0.29) is 39.6 Å². The van der Waals surface area contributed by atoms with Gasteiger partial charge in [-0.1, -0.05) is 79.6 Å². The maximum absolute atomic E-state index is 15.0. The van der Waals surface area contributed by atoms with Gasteiger partial charge >= 0.3 is 6.03 Å². The van der Waals surface area contributed by atoms with Gasteiger partial charge in [-0.05, 0) is 81.6 Å². The summed E-state index contributed by atoms with van der Waals surface area (Å²) in [5.74, 6) is -2.30. The fraction of sp³-hybridized carbons (Fsp3) is 0.878. The maximum atomic E-state index is 15.0. The molecule has 2 heterocycles. The number of nitrogens with zero attached hydrogens (tertiary/aromatic N) is 3. The lowest BCUT2D eigenvalue weighted by molar-refractivity contribution is -0.143. The van der Waals surface area contributed by atoms with E-state index in [2.05, 4.69) is 60.5 Å². The van der Waals surface area contributed by atoms with E-state index in [1.165, 1.54) is 0 Å². The predicted octanol–water partition coefficient (Wildman–Crippen LogP) is 3.96. The lowest BCUT2D eigenvalue weighted by atomic mass is 9.73. The number of ketones is 1. The smallest absolute Gasteiger partial charge is 0.315 e. The highest BCUT2D eigenvalue weighted by molar-refractivity contribution is 6.37. The average Bonchev–Trinajstić information content (AvgIpc) is 3.24. The van der Waals surface area contributed by atoms with E-state index in [4.69, 9.17) is 5.73 Å². The Morgan fingerprint density at radius 2 is 1.49 bits per heavy atom. The molecular weight excluding hydrogens is 670 g/mol. The second-order valence-corrected chi connectivity index (χ2v) is 20.4. The van der Waals surface area contributed by atoms with E-state index >= 15 is 4.79 Å². The number of likely N-dealkylation sites (tertiary alicyclic amines) is 1. The summed E-state index contributed by atoms with van der Waals surface area (Å²) in [7, 11) is 2.16. The first kappa shape index (κ1) is 39.9. The number of piperazine rings is 1. The van der Waals surface area contributed by atoms with Crippen molar-refractivity contribution in [3.05, 3.63) is 0 Å². The zero-order valence-corrected chi connectivity index (χ0v) is 34.0. The number of fused-ring (bicyclic) bond motifs is 1. The molecule has 5 N–H and O–H groups in total. The SMILES string of the molecule is CN1CCN(CC2(NC(=O)N[C@H](C(=O)N3C[C@]4(C[C@H]3C(=O)NC(CC3CCC3)C(=O)C(N)=O)C(C)(C)C43CCC3)C(C)(C)C)CCCCC2)C(C)(C)C1. The highest BCUT2D eigenvalue weighted by atomic mass is 16.2. The number of hydrogen-bond acceptors (Lipinski definition) is 7. The third-order valence-electron chi connectivity index (χ3n) is 15.4. The van der Waals surface area contributed by atoms with Crippen LogP contribution in [0.3, 0.4) is 0 Å². The fourth-order valence-corrected chi connectivity index (χ4v) is 11.7. The number of amides is 5. The van der Waals surface area contributed by atoms with Crippen LogP contribution in [-0.2, 0) is 19.2 Å². The Morgan fingerprint density at radius 3 is 2.00 bits per heavy atom. The lowest BCUT2D eigenvalue weighted by Crippen LogP contribution is -2.67. The Morgan fingerprint density at radius 1 is 0.830 bits per heavy atom. The molecule has 0 radical (unpaired) electrons. The van der Waals surface area contributed by atoms with Crippen molar-refractivity contribution in [1.82, 2.24) is 30.7 Å². The van der Waals surface area contributed by atoms with E-state index in [1.54, 1.807) is 4.90 Å². The number of primary amides is 1. The second kappa shape index (κ2) is 14.1. The molecule has 2 aliphatic heterocycles. The van der Waals surface area contributed by atoms with Gasteiger partial charge in [0.25, 0.3) is 5.91 Å². The second-order valence-electron chi connectivity index (χ2n) is 20.4. The van der Waals surface area contributed by atoms with Gasteiger partial charge in [-0.3, -0.25) is 24.1 Å². The Hall–Kier alpha value is -2.73. The van der Waals surface area contributed by atoms with Crippen molar-refractivity contribution in [2.24, 2.45) is 33.3 Å². The van der Waals surface area contributed by atoms with Gasteiger partial charge in [-0.15, -0.1) is 0 Å². The van der Waals surface area contributed by atoms with Crippen LogP contribution in [-0.4, -0.2) is 113 Å². The minimum atomic E-state index is -1.06. The standard InChI is InChI=1S/C41H69N7O5/c1-36(2,3)31(44-35(53)45-39(16-10-9-11-17-39)25-47-21-20-46(8)24-37(47,4)5)34(52)48-26-41(38(6,7)40(41)18-13-19-40)23-29(48)33(51)43-28(30(49)32(42)50)22-27-14-12-15-27/h27-29,31H,9-26H2,1-8H3,(H2,42,50)(H,43,51)(H2,44,45,53)/t28?,29-,31+,41+/m0/s1. The van der Waals surface area contributed by atoms with Crippen LogP contribution in [0.25, 0.3) is 0 Å². The zero-order chi connectivity index (χ0) is 38.8. The van der Waals surface area contributed by atoms with Crippen LogP contribution < -0.4 is 21.7 Å². The van der Waals surface area contributed by atoms with Gasteiger partial charge in [0, 0.05) is 43.7 Å². The zero-order valence-electron chi connectivity index (χ0n) is 34.0. The Bertz CT molecular complexity index is 1460. The summed E-state index contributed by atoms with van der Waals surface area (Å²) in [6, 6.07) is -3.09. The third-order valence-corrected chi connectivity index (χ3v) is 15.4. The van der Waals surface area contributed by atoms with Crippen LogP contribution >= 0.6 is 0 Å². The number of rotatable bonds is 11. The van der Waals surface area contributed by atoms with E-state index in [1.807, 2.05) is 20.8 Å². The average molecular weight is 740 g/mol. The van der Waals surface area contributed by atoms with E-state index in [0.29, 0.717) is 19.4 Å². The predicted molar refractivity (Wildman–Crippen MR) is 205 cm³/mol. The molecule has 2 saturated heterocycles. The van der Waals surface area contributed by atoms with Crippen LogP contribution in [0.1, 0.15) is 132 Å². The van der Waals surface area contributed by atoms with Gasteiger partial charge in [-0.25, -0.2) is 4.79 Å².